The monoisotopic (exact) mass is 366 g/mol. The van der Waals surface area contributed by atoms with Crippen molar-refractivity contribution in [2.75, 3.05) is 0 Å². The van der Waals surface area contributed by atoms with Gasteiger partial charge in [0.1, 0.15) is 5.58 Å². The minimum absolute atomic E-state index is 0.338. The molecule has 0 fully saturated rings. The largest absolute Gasteiger partial charge is 0.423 e. The van der Waals surface area contributed by atoms with Gasteiger partial charge in [0.25, 0.3) is 5.78 Å². The second-order valence-corrected chi connectivity index (χ2v) is 7.44. The fraction of sp³-hybridized carbons (Fsp3) is 0.263. The Bertz CT molecular complexity index is 1130. The molecule has 0 aliphatic heterocycles. The summed E-state index contributed by atoms with van der Waals surface area (Å²) in [6.45, 7) is 6.37. The summed E-state index contributed by atoms with van der Waals surface area (Å²) in [5, 5.41) is 5.99. The van der Waals surface area contributed by atoms with Gasteiger partial charge >= 0.3 is 5.63 Å². The highest BCUT2D eigenvalue weighted by Gasteiger charge is 2.13. The summed E-state index contributed by atoms with van der Waals surface area (Å²) in [4.78, 5) is 20.5. The summed E-state index contributed by atoms with van der Waals surface area (Å²) in [5.41, 5.74) is 3.60. The zero-order chi connectivity index (χ0) is 18.3. The van der Waals surface area contributed by atoms with Crippen molar-refractivity contribution < 1.29 is 4.42 Å². The molecule has 0 N–H and O–H groups in total. The highest BCUT2D eigenvalue weighted by Crippen LogP contribution is 2.29. The third-order valence-electron chi connectivity index (χ3n) is 4.29. The van der Waals surface area contributed by atoms with Gasteiger partial charge in [0.05, 0.1) is 0 Å². The Balaban J connectivity index is 1.72. The summed E-state index contributed by atoms with van der Waals surface area (Å²) in [6, 6.07) is 7.45. The number of hydrogen-bond acceptors (Lipinski definition) is 6. The molecule has 3 heterocycles. The van der Waals surface area contributed by atoms with Gasteiger partial charge in [0, 0.05) is 29.6 Å². The second kappa shape index (κ2) is 6.57. The average Bonchev–Trinajstić information content (AvgIpc) is 3.01. The van der Waals surface area contributed by atoms with Crippen LogP contribution < -0.4 is 5.63 Å². The van der Waals surface area contributed by atoms with Gasteiger partial charge in [0.15, 0.2) is 0 Å². The van der Waals surface area contributed by atoms with Crippen molar-refractivity contribution in [3.8, 4) is 0 Å². The van der Waals surface area contributed by atoms with E-state index in [2.05, 4.69) is 35.0 Å². The number of benzene rings is 1. The molecule has 0 saturated carbocycles. The number of thioether (sulfide) groups is 1. The van der Waals surface area contributed by atoms with Gasteiger partial charge < -0.3 is 4.42 Å². The van der Waals surface area contributed by atoms with Gasteiger partial charge in [-0.25, -0.2) is 14.3 Å². The quantitative estimate of drug-likeness (QED) is 0.402. The molecule has 4 rings (SSSR count). The Labute approximate surface area is 154 Å². The van der Waals surface area contributed by atoms with Gasteiger partial charge in [-0.1, -0.05) is 25.6 Å². The second-order valence-electron chi connectivity index (χ2n) is 6.50. The van der Waals surface area contributed by atoms with E-state index in [1.54, 1.807) is 16.8 Å². The smallest absolute Gasteiger partial charge is 0.336 e. The van der Waals surface area contributed by atoms with Crippen LogP contribution in [0.1, 0.15) is 36.5 Å². The zero-order valence-corrected chi connectivity index (χ0v) is 15.6. The lowest BCUT2D eigenvalue weighted by Crippen LogP contribution is -2.02. The van der Waals surface area contributed by atoms with Crippen molar-refractivity contribution in [3.63, 3.8) is 0 Å². The molecular weight excluding hydrogens is 348 g/mol. The van der Waals surface area contributed by atoms with E-state index in [4.69, 9.17) is 4.42 Å². The van der Waals surface area contributed by atoms with Crippen LogP contribution in [0.4, 0.5) is 0 Å². The van der Waals surface area contributed by atoms with Gasteiger partial charge in [-0.15, -0.1) is 5.10 Å². The molecule has 3 aromatic heterocycles. The first kappa shape index (κ1) is 16.8. The molecule has 132 valence electrons. The third kappa shape index (κ3) is 3.10. The average molecular weight is 366 g/mol. The number of aryl methyl sites for hydroxylation is 1. The van der Waals surface area contributed by atoms with Crippen molar-refractivity contribution in [2.24, 2.45) is 0 Å². The Morgan fingerprint density at radius 3 is 2.88 bits per heavy atom. The predicted molar refractivity (Wildman–Crippen MR) is 102 cm³/mol. The first-order chi connectivity index (χ1) is 12.5. The van der Waals surface area contributed by atoms with Crippen molar-refractivity contribution in [3.05, 3.63) is 63.8 Å². The molecule has 4 aromatic rings. The highest BCUT2D eigenvalue weighted by atomic mass is 32.2. The van der Waals surface area contributed by atoms with Crippen LogP contribution >= 0.6 is 11.8 Å². The van der Waals surface area contributed by atoms with Crippen molar-refractivity contribution >= 4 is 28.5 Å². The van der Waals surface area contributed by atoms with Crippen LogP contribution in [0.3, 0.4) is 0 Å². The number of fused-ring (bicyclic) bond motifs is 2. The summed E-state index contributed by atoms with van der Waals surface area (Å²) < 4.78 is 7.05. The lowest BCUT2D eigenvalue weighted by Gasteiger charge is -2.12. The molecule has 0 unspecified atom stereocenters. The maximum absolute atomic E-state index is 12.0. The summed E-state index contributed by atoms with van der Waals surface area (Å²) >= 11 is 1.48. The molecule has 0 radical (unpaired) electrons. The van der Waals surface area contributed by atoms with E-state index in [0.29, 0.717) is 28.2 Å². The molecule has 7 heteroatoms. The lowest BCUT2D eigenvalue weighted by atomic mass is 9.95. The van der Waals surface area contributed by atoms with Crippen molar-refractivity contribution in [1.82, 2.24) is 19.6 Å². The molecule has 0 spiro atoms. The van der Waals surface area contributed by atoms with Crippen LogP contribution in [0.2, 0.25) is 0 Å². The van der Waals surface area contributed by atoms with E-state index < -0.39 is 0 Å². The fourth-order valence-corrected chi connectivity index (χ4v) is 3.87. The molecule has 0 bridgehead atoms. The van der Waals surface area contributed by atoms with Crippen LogP contribution in [0.25, 0.3) is 16.7 Å². The SMILES string of the molecule is Cc1cc2oc(=O)cc(CSc3nc4ncccn4n3)c2cc1C(C)C. The van der Waals surface area contributed by atoms with E-state index in [1.165, 1.54) is 17.3 Å². The first-order valence-electron chi connectivity index (χ1n) is 8.39. The molecule has 26 heavy (non-hydrogen) atoms. The van der Waals surface area contributed by atoms with E-state index in [9.17, 15) is 4.79 Å². The molecule has 0 saturated heterocycles. The standard InChI is InChI=1S/C19H18N4O2S/c1-11(2)14-9-15-13(8-17(24)25-16(15)7-12(14)3)10-26-19-21-18-20-5-4-6-23(18)22-19/h4-9,11H,10H2,1-3H3. The van der Waals surface area contributed by atoms with E-state index >= 15 is 0 Å². The molecule has 0 aliphatic rings. The molecule has 0 amide bonds. The maximum Gasteiger partial charge on any atom is 0.336 e. The van der Waals surface area contributed by atoms with Gasteiger partial charge in [0.2, 0.25) is 5.16 Å². The number of aromatic nitrogens is 4. The minimum Gasteiger partial charge on any atom is -0.423 e. The van der Waals surface area contributed by atoms with E-state index in [-0.39, 0.29) is 5.63 Å². The summed E-state index contributed by atoms with van der Waals surface area (Å²) in [6.07, 6.45) is 3.49. The van der Waals surface area contributed by atoms with Crippen molar-refractivity contribution in [2.45, 2.75) is 37.6 Å². The molecular formula is C19H18N4O2S. The number of hydrogen-bond donors (Lipinski definition) is 0. The van der Waals surface area contributed by atoms with Crippen LogP contribution in [0.15, 0.2) is 51.0 Å². The van der Waals surface area contributed by atoms with Crippen LogP contribution in [0, 0.1) is 6.92 Å². The fourth-order valence-electron chi connectivity index (χ4n) is 3.05. The number of rotatable bonds is 4. The van der Waals surface area contributed by atoms with E-state index in [1.807, 2.05) is 25.3 Å². The Kier molecular flexibility index (Phi) is 4.24. The Hall–Kier alpha value is -2.67. The first-order valence-corrected chi connectivity index (χ1v) is 9.37. The van der Waals surface area contributed by atoms with Gasteiger partial charge in [-0.3, -0.25) is 0 Å². The van der Waals surface area contributed by atoms with Gasteiger partial charge in [-0.05, 0) is 47.7 Å². The molecule has 0 atom stereocenters. The Morgan fingerprint density at radius 2 is 2.12 bits per heavy atom. The van der Waals surface area contributed by atoms with Crippen molar-refractivity contribution in [1.29, 1.82) is 0 Å². The number of nitrogens with zero attached hydrogens (tertiary/aromatic N) is 4. The third-order valence-corrected chi connectivity index (χ3v) is 5.18. The minimum atomic E-state index is -0.338. The normalized spacial score (nSPS) is 11.7. The maximum atomic E-state index is 12.0. The summed E-state index contributed by atoms with van der Waals surface area (Å²) in [5.74, 6) is 1.54. The summed E-state index contributed by atoms with van der Waals surface area (Å²) in [7, 11) is 0. The zero-order valence-electron chi connectivity index (χ0n) is 14.8. The lowest BCUT2D eigenvalue weighted by molar-refractivity contribution is 0.559. The van der Waals surface area contributed by atoms with Crippen LogP contribution in [0.5, 0.6) is 0 Å². The van der Waals surface area contributed by atoms with Crippen LogP contribution in [-0.2, 0) is 5.75 Å². The Morgan fingerprint density at radius 1 is 1.27 bits per heavy atom. The highest BCUT2D eigenvalue weighted by molar-refractivity contribution is 7.98. The van der Waals surface area contributed by atoms with Gasteiger partial charge in [-0.2, -0.15) is 4.98 Å². The topological polar surface area (TPSA) is 73.3 Å². The molecule has 0 aliphatic carbocycles. The predicted octanol–water partition coefficient (Wildman–Crippen LogP) is 3.95. The molecule has 1 aromatic carbocycles. The molecule has 6 nitrogen and oxygen atoms in total. The van der Waals surface area contributed by atoms with E-state index in [0.717, 1.165) is 16.5 Å². The van der Waals surface area contributed by atoms with Crippen LogP contribution in [-0.4, -0.2) is 19.6 Å².